The van der Waals surface area contributed by atoms with E-state index in [1.807, 2.05) is 26.0 Å². The molecule has 6 heteroatoms. The molecule has 0 aliphatic heterocycles. The van der Waals surface area contributed by atoms with Gasteiger partial charge in [-0.05, 0) is 79.4 Å². The van der Waals surface area contributed by atoms with E-state index in [4.69, 9.17) is 18.9 Å². The third-order valence-corrected chi connectivity index (χ3v) is 5.01. The van der Waals surface area contributed by atoms with Gasteiger partial charge in [-0.1, -0.05) is 36.9 Å². The van der Waals surface area contributed by atoms with Crippen molar-refractivity contribution in [3.8, 4) is 17.2 Å². The van der Waals surface area contributed by atoms with Crippen LogP contribution in [0.5, 0.6) is 17.2 Å². The monoisotopic (exact) mass is 460 g/mol. The summed E-state index contributed by atoms with van der Waals surface area (Å²) in [4.78, 5) is 24.5. The first-order chi connectivity index (χ1) is 16.5. The molecule has 3 rings (SSSR count). The van der Waals surface area contributed by atoms with Gasteiger partial charge >= 0.3 is 11.9 Å². The maximum absolute atomic E-state index is 12.3. The van der Waals surface area contributed by atoms with Gasteiger partial charge in [0.15, 0.2) is 6.79 Å². The van der Waals surface area contributed by atoms with Crippen molar-refractivity contribution in [2.24, 2.45) is 0 Å². The molecule has 0 saturated heterocycles. The molecule has 3 aromatic carbocycles. The van der Waals surface area contributed by atoms with Gasteiger partial charge in [0.25, 0.3) is 0 Å². The number of ether oxygens (including phenoxy) is 4. The molecule has 0 radical (unpaired) electrons. The van der Waals surface area contributed by atoms with Crippen LogP contribution in [0.3, 0.4) is 0 Å². The second kappa shape index (κ2) is 12.4. The Balaban J connectivity index is 1.47. The summed E-state index contributed by atoms with van der Waals surface area (Å²) < 4.78 is 21.5. The lowest BCUT2D eigenvalue weighted by Crippen LogP contribution is -2.10. The molecule has 3 aromatic rings. The number of benzene rings is 3. The molecular weight excluding hydrogens is 432 g/mol. The highest BCUT2D eigenvalue weighted by Gasteiger charge is 2.10. The van der Waals surface area contributed by atoms with Crippen molar-refractivity contribution in [1.82, 2.24) is 0 Å². The minimum absolute atomic E-state index is 0.178. The van der Waals surface area contributed by atoms with E-state index in [9.17, 15) is 9.59 Å². The molecule has 0 aliphatic carbocycles. The van der Waals surface area contributed by atoms with Crippen LogP contribution in [0.25, 0.3) is 6.08 Å². The Morgan fingerprint density at radius 3 is 2.26 bits per heavy atom. The van der Waals surface area contributed by atoms with Crippen LogP contribution in [0.4, 0.5) is 0 Å². The van der Waals surface area contributed by atoms with Crippen LogP contribution in [0.2, 0.25) is 0 Å². The van der Waals surface area contributed by atoms with Gasteiger partial charge in [0.1, 0.15) is 17.2 Å². The Labute approximate surface area is 199 Å². The van der Waals surface area contributed by atoms with Crippen LogP contribution in [-0.2, 0) is 16.0 Å². The molecule has 176 valence electrons. The largest absolute Gasteiger partial charge is 0.467 e. The Kier molecular flexibility index (Phi) is 9.00. The smallest absolute Gasteiger partial charge is 0.343 e. The Hall–Kier alpha value is -3.90. The fourth-order valence-electron chi connectivity index (χ4n) is 3.11. The average molecular weight is 461 g/mol. The summed E-state index contributed by atoms with van der Waals surface area (Å²) in [5, 5.41) is 0. The fourth-order valence-corrected chi connectivity index (χ4v) is 3.11. The van der Waals surface area contributed by atoms with Crippen LogP contribution in [0.15, 0.2) is 73.3 Å². The van der Waals surface area contributed by atoms with Crippen molar-refractivity contribution in [3.05, 3.63) is 95.6 Å². The van der Waals surface area contributed by atoms with Crippen molar-refractivity contribution in [3.63, 3.8) is 0 Å². The molecule has 0 amide bonds. The molecule has 0 saturated carbocycles. The first kappa shape index (κ1) is 24.7. The molecule has 6 nitrogen and oxygen atoms in total. The normalized spacial score (nSPS) is 10.4. The highest BCUT2D eigenvalue weighted by Crippen LogP contribution is 2.24. The fraction of sp³-hybridized carbons (Fsp3) is 0.214. The number of esters is 2. The maximum atomic E-state index is 12.3. The molecule has 0 fully saturated rings. The standard InChI is InChI=1S/C28H28O6/c1-4-21-6-11-23(12-7-21)28(30)34-24-13-8-22(9-14-24)10-17-27(29)33-25-15-16-26(20(3)18-25)32-19-31-5-2/h4,6-9,11-16,18H,1,5,10,17,19H2,2-3H3. The van der Waals surface area contributed by atoms with Gasteiger partial charge in [0.05, 0.1) is 5.56 Å². The van der Waals surface area contributed by atoms with E-state index in [2.05, 4.69) is 6.58 Å². The molecular formula is C28H28O6. The van der Waals surface area contributed by atoms with Gasteiger partial charge < -0.3 is 18.9 Å². The summed E-state index contributed by atoms with van der Waals surface area (Å²) in [6.45, 7) is 8.22. The van der Waals surface area contributed by atoms with E-state index in [1.165, 1.54) is 0 Å². The maximum Gasteiger partial charge on any atom is 0.343 e. The van der Waals surface area contributed by atoms with E-state index in [-0.39, 0.29) is 19.2 Å². The van der Waals surface area contributed by atoms with Crippen LogP contribution in [0.1, 0.15) is 40.4 Å². The van der Waals surface area contributed by atoms with Gasteiger partial charge in [-0.2, -0.15) is 0 Å². The zero-order chi connectivity index (χ0) is 24.3. The van der Waals surface area contributed by atoms with E-state index in [1.54, 1.807) is 60.7 Å². The summed E-state index contributed by atoms with van der Waals surface area (Å²) in [5.41, 5.74) is 3.18. The first-order valence-electron chi connectivity index (χ1n) is 11.0. The number of carbonyl (C=O) groups excluding carboxylic acids is 2. The van der Waals surface area contributed by atoms with Crippen LogP contribution in [0, 0.1) is 6.92 Å². The topological polar surface area (TPSA) is 71.1 Å². The van der Waals surface area contributed by atoms with Crippen molar-refractivity contribution < 1.29 is 28.5 Å². The number of aryl methyl sites for hydroxylation is 2. The van der Waals surface area contributed by atoms with Crippen LogP contribution < -0.4 is 14.2 Å². The second-order valence-electron chi connectivity index (χ2n) is 7.52. The van der Waals surface area contributed by atoms with E-state index in [0.717, 1.165) is 16.7 Å². The predicted octanol–water partition coefficient (Wildman–Crippen LogP) is 5.77. The summed E-state index contributed by atoms with van der Waals surface area (Å²) >= 11 is 0. The molecule has 0 spiro atoms. The zero-order valence-corrected chi connectivity index (χ0v) is 19.4. The lowest BCUT2D eigenvalue weighted by atomic mass is 10.1. The van der Waals surface area contributed by atoms with Gasteiger partial charge in [-0.25, -0.2) is 4.79 Å². The highest BCUT2D eigenvalue weighted by molar-refractivity contribution is 5.91. The van der Waals surface area contributed by atoms with Gasteiger partial charge in [0.2, 0.25) is 0 Å². The average Bonchev–Trinajstić information content (AvgIpc) is 2.85. The molecule has 0 heterocycles. The summed E-state index contributed by atoms with van der Waals surface area (Å²) in [5.74, 6) is 0.820. The SMILES string of the molecule is C=Cc1ccc(C(=O)Oc2ccc(CCC(=O)Oc3ccc(OCOCC)c(C)c3)cc2)cc1. The third-order valence-electron chi connectivity index (χ3n) is 5.01. The Morgan fingerprint density at radius 1 is 0.912 bits per heavy atom. The van der Waals surface area contributed by atoms with Crippen molar-refractivity contribution in [1.29, 1.82) is 0 Å². The van der Waals surface area contributed by atoms with Gasteiger partial charge in [0, 0.05) is 13.0 Å². The van der Waals surface area contributed by atoms with Gasteiger partial charge in [-0.15, -0.1) is 0 Å². The van der Waals surface area contributed by atoms with Gasteiger partial charge in [-0.3, -0.25) is 4.79 Å². The molecule has 0 aliphatic rings. The van der Waals surface area contributed by atoms with E-state index in [0.29, 0.717) is 35.8 Å². The lowest BCUT2D eigenvalue weighted by molar-refractivity contribution is -0.134. The summed E-state index contributed by atoms with van der Waals surface area (Å²) in [6.07, 6.45) is 2.43. The first-order valence-corrected chi connectivity index (χ1v) is 11.0. The predicted molar refractivity (Wildman–Crippen MR) is 130 cm³/mol. The Bertz CT molecular complexity index is 1120. The van der Waals surface area contributed by atoms with E-state index < -0.39 is 5.97 Å². The highest BCUT2D eigenvalue weighted by atomic mass is 16.7. The number of carbonyl (C=O) groups is 2. The second-order valence-corrected chi connectivity index (χ2v) is 7.52. The third kappa shape index (κ3) is 7.32. The lowest BCUT2D eigenvalue weighted by Gasteiger charge is -2.11. The number of rotatable bonds is 11. The van der Waals surface area contributed by atoms with Crippen LogP contribution >= 0.6 is 0 Å². The van der Waals surface area contributed by atoms with Crippen LogP contribution in [-0.4, -0.2) is 25.3 Å². The van der Waals surface area contributed by atoms with Crippen molar-refractivity contribution in [2.45, 2.75) is 26.7 Å². The molecule has 0 unspecified atom stereocenters. The minimum Gasteiger partial charge on any atom is -0.467 e. The molecule has 0 atom stereocenters. The number of hydrogen-bond donors (Lipinski definition) is 0. The molecule has 0 N–H and O–H groups in total. The number of hydrogen-bond acceptors (Lipinski definition) is 6. The summed E-state index contributed by atoms with van der Waals surface area (Å²) in [6, 6.07) is 19.3. The molecule has 34 heavy (non-hydrogen) atoms. The molecule has 0 aromatic heterocycles. The molecule has 0 bridgehead atoms. The summed E-state index contributed by atoms with van der Waals surface area (Å²) in [7, 11) is 0. The van der Waals surface area contributed by atoms with E-state index >= 15 is 0 Å². The Morgan fingerprint density at radius 2 is 1.62 bits per heavy atom. The van der Waals surface area contributed by atoms with Crippen molar-refractivity contribution in [2.75, 3.05) is 13.4 Å². The quantitative estimate of drug-likeness (QED) is 0.157. The zero-order valence-electron chi connectivity index (χ0n) is 19.4. The van der Waals surface area contributed by atoms with Crippen molar-refractivity contribution >= 4 is 18.0 Å². The minimum atomic E-state index is -0.434.